The van der Waals surface area contributed by atoms with E-state index < -0.39 is 24.4 Å². The maximum Gasteiger partial charge on any atom is 0.437 e. The van der Waals surface area contributed by atoms with Crippen molar-refractivity contribution >= 4 is 11.9 Å². The van der Waals surface area contributed by atoms with Crippen LogP contribution in [0.3, 0.4) is 0 Å². The normalized spacial score (nSPS) is 12.0. The molecule has 1 aromatic heterocycles. The Morgan fingerprint density at radius 1 is 1.24 bits per heavy atom. The van der Waals surface area contributed by atoms with E-state index in [4.69, 9.17) is 9.15 Å². The number of ether oxygens (including phenoxy) is 1. The van der Waals surface area contributed by atoms with Crippen LogP contribution in [-0.4, -0.2) is 34.3 Å². The molecule has 0 aliphatic heterocycles. The molecule has 2 aromatic rings. The molecule has 0 saturated carbocycles. The minimum atomic E-state index is -0.956. The van der Waals surface area contributed by atoms with E-state index in [2.05, 4.69) is 10.4 Å². The van der Waals surface area contributed by atoms with Gasteiger partial charge in [0.2, 0.25) is 5.89 Å². The van der Waals surface area contributed by atoms with E-state index in [9.17, 15) is 14.4 Å². The largest absolute Gasteiger partial charge is 0.451 e. The van der Waals surface area contributed by atoms with Gasteiger partial charge < -0.3 is 14.5 Å². The Bertz CT molecular complexity index is 779. The van der Waals surface area contributed by atoms with Gasteiger partial charge in [-0.1, -0.05) is 32.0 Å². The Balaban J connectivity index is 1.96. The quantitative estimate of drug-likeness (QED) is 0.755. The number of carbonyl (C=O) groups is 2. The fraction of sp³-hybridized carbons (Fsp3) is 0.412. The summed E-state index contributed by atoms with van der Waals surface area (Å²) in [7, 11) is 0. The fourth-order valence-electron chi connectivity index (χ4n) is 1.96. The molecule has 0 saturated heterocycles. The molecule has 1 N–H and O–H groups in total. The molecule has 0 unspecified atom stereocenters. The van der Waals surface area contributed by atoms with Gasteiger partial charge in [-0.05, 0) is 25.0 Å². The molecule has 2 rings (SSSR count). The lowest BCUT2D eigenvalue weighted by Gasteiger charge is -2.14. The SMILES string of the molecule is CC(C)CNC(=O)[C@H](C)OC(=O)Cn1nc(-c2ccccc2)oc1=O. The van der Waals surface area contributed by atoms with Crippen LogP contribution in [0.5, 0.6) is 0 Å². The number of hydrogen-bond acceptors (Lipinski definition) is 6. The molecular formula is C17H21N3O5. The highest BCUT2D eigenvalue weighted by atomic mass is 16.5. The summed E-state index contributed by atoms with van der Waals surface area (Å²) in [6, 6.07) is 8.84. The topological polar surface area (TPSA) is 103 Å². The molecule has 1 heterocycles. The van der Waals surface area contributed by atoms with Crippen LogP contribution in [0, 0.1) is 5.92 Å². The molecule has 1 aromatic carbocycles. The van der Waals surface area contributed by atoms with Gasteiger partial charge in [-0.25, -0.2) is 4.79 Å². The van der Waals surface area contributed by atoms with Gasteiger partial charge in [0.15, 0.2) is 6.10 Å². The minimum absolute atomic E-state index is 0.112. The first-order chi connectivity index (χ1) is 11.9. The zero-order valence-corrected chi connectivity index (χ0v) is 14.4. The van der Waals surface area contributed by atoms with E-state index >= 15 is 0 Å². The maximum absolute atomic E-state index is 11.9. The average molecular weight is 347 g/mol. The number of carbonyl (C=O) groups excluding carboxylic acids is 2. The van der Waals surface area contributed by atoms with Gasteiger partial charge in [0, 0.05) is 12.1 Å². The summed E-state index contributed by atoms with van der Waals surface area (Å²) < 4.78 is 10.9. The smallest absolute Gasteiger partial charge is 0.437 e. The fourth-order valence-corrected chi connectivity index (χ4v) is 1.96. The number of benzene rings is 1. The summed E-state index contributed by atoms with van der Waals surface area (Å²) >= 11 is 0. The highest BCUT2D eigenvalue weighted by Crippen LogP contribution is 2.13. The van der Waals surface area contributed by atoms with Crippen molar-refractivity contribution in [3.63, 3.8) is 0 Å². The first-order valence-corrected chi connectivity index (χ1v) is 7.97. The van der Waals surface area contributed by atoms with Gasteiger partial charge in [0.1, 0.15) is 6.54 Å². The molecule has 1 atom stereocenters. The molecule has 8 heteroatoms. The lowest BCUT2D eigenvalue weighted by molar-refractivity contribution is -0.155. The zero-order chi connectivity index (χ0) is 18.4. The molecular weight excluding hydrogens is 326 g/mol. The van der Waals surface area contributed by atoms with Crippen LogP contribution >= 0.6 is 0 Å². The second-order valence-electron chi connectivity index (χ2n) is 5.97. The monoisotopic (exact) mass is 347 g/mol. The van der Waals surface area contributed by atoms with Crippen molar-refractivity contribution in [2.45, 2.75) is 33.4 Å². The lowest BCUT2D eigenvalue weighted by Crippen LogP contribution is -2.38. The number of rotatable bonds is 7. The van der Waals surface area contributed by atoms with Crippen LogP contribution in [0.1, 0.15) is 20.8 Å². The predicted molar refractivity (Wildman–Crippen MR) is 89.6 cm³/mol. The van der Waals surface area contributed by atoms with Crippen molar-refractivity contribution in [2.24, 2.45) is 5.92 Å². The maximum atomic E-state index is 11.9. The highest BCUT2D eigenvalue weighted by molar-refractivity contribution is 5.83. The Kier molecular flexibility index (Phi) is 6.10. The molecule has 0 aliphatic carbocycles. The third-order valence-electron chi connectivity index (χ3n) is 3.27. The van der Waals surface area contributed by atoms with Gasteiger partial charge >= 0.3 is 11.7 Å². The number of nitrogens with zero attached hydrogens (tertiary/aromatic N) is 2. The van der Waals surface area contributed by atoms with Crippen LogP contribution in [0.25, 0.3) is 11.5 Å². The predicted octanol–water partition coefficient (Wildman–Crippen LogP) is 1.21. The molecule has 0 bridgehead atoms. The molecule has 134 valence electrons. The Labute approximate surface area is 144 Å². The van der Waals surface area contributed by atoms with Crippen molar-refractivity contribution in [3.8, 4) is 11.5 Å². The van der Waals surface area contributed by atoms with E-state index in [0.717, 1.165) is 4.68 Å². The number of amides is 1. The van der Waals surface area contributed by atoms with Crippen molar-refractivity contribution in [1.82, 2.24) is 15.1 Å². The summed E-state index contributed by atoms with van der Waals surface area (Å²) in [4.78, 5) is 35.5. The van der Waals surface area contributed by atoms with Crippen LogP contribution in [0.15, 0.2) is 39.5 Å². The second kappa shape index (κ2) is 8.27. The van der Waals surface area contributed by atoms with Crippen LogP contribution in [0.4, 0.5) is 0 Å². The van der Waals surface area contributed by atoms with E-state index in [-0.39, 0.29) is 17.7 Å². The molecule has 0 fully saturated rings. The summed E-state index contributed by atoms with van der Waals surface area (Å²) in [5.74, 6) is -1.51. The Hall–Kier alpha value is -2.90. The summed E-state index contributed by atoms with van der Waals surface area (Å²) in [5, 5.41) is 6.64. The van der Waals surface area contributed by atoms with Crippen molar-refractivity contribution in [2.75, 3.05) is 6.54 Å². The van der Waals surface area contributed by atoms with E-state index in [1.165, 1.54) is 6.92 Å². The van der Waals surface area contributed by atoms with Crippen LogP contribution in [0.2, 0.25) is 0 Å². The van der Waals surface area contributed by atoms with Gasteiger partial charge in [-0.15, -0.1) is 5.10 Å². The van der Waals surface area contributed by atoms with E-state index in [0.29, 0.717) is 12.1 Å². The Morgan fingerprint density at radius 3 is 2.56 bits per heavy atom. The lowest BCUT2D eigenvalue weighted by atomic mass is 10.2. The van der Waals surface area contributed by atoms with Crippen molar-refractivity contribution in [3.05, 3.63) is 40.9 Å². The third kappa shape index (κ3) is 5.30. The standard InChI is InChI=1S/C17H21N3O5/c1-11(2)9-18-15(22)12(3)24-14(21)10-20-17(23)25-16(19-20)13-7-5-4-6-8-13/h4-8,11-12H,9-10H2,1-3H3,(H,18,22)/t12-/m0/s1. The van der Waals surface area contributed by atoms with Crippen molar-refractivity contribution < 1.29 is 18.7 Å². The number of nitrogens with one attached hydrogen (secondary N) is 1. The molecule has 1 amide bonds. The highest BCUT2D eigenvalue weighted by Gasteiger charge is 2.20. The molecule has 0 spiro atoms. The second-order valence-corrected chi connectivity index (χ2v) is 5.97. The first kappa shape index (κ1) is 18.4. The van der Waals surface area contributed by atoms with Crippen LogP contribution in [-0.2, 0) is 20.9 Å². The molecule has 8 nitrogen and oxygen atoms in total. The molecule has 0 aliphatic rings. The van der Waals surface area contributed by atoms with E-state index in [1.54, 1.807) is 24.3 Å². The summed E-state index contributed by atoms with van der Waals surface area (Å²) in [6.45, 7) is 5.44. The van der Waals surface area contributed by atoms with Crippen LogP contribution < -0.4 is 11.1 Å². The summed E-state index contributed by atoms with van der Waals surface area (Å²) in [6.07, 6.45) is -0.956. The third-order valence-corrected chi connectivity index (χ3v) is 3.27. The van der Waals surface area contributed by atoms with Gasteiger partial charge in [-0.2, -0.15) is 4.68 Å². The number of esters is 1. The average Bonchev–Trinajstić information content (AvgIpc) is 2.94. The molecule has 25 heavy (non-hydrogen) atoms. The molecule has 0 radical (unpaired) electrons. The van der Waals surface area contributed by atoms with Gasteiger partial charge in [0.05, 0.1) is 0 Å². The zero-order valence-electron chi connectivity index (χ0n) is 14.4. The van der Waals surface area contributed by atoms with Gasteiger partial charge in [0.25, 0.3) is 5.91 Å². The minimum Gasteiger partial charge on any atom is -0.451 e. The number of aromatic nitrogens is 2. The van der Waals surface area contributed by atoms with Gasteiger partial charge in [-0.3, -0.25) is 9.59 Å². The first-order valence-electron chi connectivity index (χ1n) is 7.97. The van der Waals surface area contributed by atoms with E-state index in [1.807, 2.05) is 19.9 Å². The summed E-state index contributed by atoms with van der Waals surface area (Å²) in [5.41, 5.74) is 0.619. The van der Waals surface area contributed by atoms with Crippen molar-refractivity contribution in [1.29, 1.82) is 0 Å². The number of hydrogen-bond donors (Lipinski definition) is 1. The Morgan fingerprint density at radius 2 is 1.92 bits per heavy atom.